The quantitative estimate of drug-likeness (QED) is 0.457. The van der Waals surface area contributed by atoms with Crippen LogP contribution in [-0.4, -0.2) is 54.3 Å². The minimum atomic E-state index is -3.50. The molecular weight excluding hydrogens is 522 g/mol. The smallest absolute Gasteiger partial charge is 0.252 e. The van der Waals surface area contributed by atoms with Gasteiger partial charge in [-0.1, -0.05) is 24.3 Å². The van der Waals surface area contributed by atoms with Crippen molar-refractivity contribution in [2.24, 2.45) is 0 Å². The van der Waals surface area contributed by atoms with Crippen LogP contribution in [0.2, 0.25) is 0 Å². The van der Waals surface area contributed by atoms with E-state index in [1.165, 1.54) is 11.3 Å². The van der Waals surface area contributed by atoms with Crippen molar-refractivity contribution in [1.29, 1.82) is 0 Å². The summed E-state index contributed by atoms with van der Waals surface area (Å²) in [5.74, 6) is 0.167. The SMILES string of the molecule is Cc1c(C2=CCN(S(=O)(=O)c3ccc(Br)s3)CC2)c2ccccc2n1CC(=O)N1CCCC1. The molecule has 9 heteroatoms. The van der Waals surface area contributed by atoms with Crippen LogP contribution in [0.5, 0.6) is 0 Å². The maximum atomic E-state index is 13.0. The summed E-state index contributed by atoms with van der Waals surface area (Å²) in [6.07, 6.45) is 4.83. The second kappa shape index (κ2) is 9.02. The molecule has 0 N–H and O–H groups in total. The Morgan fingerprint density at radius 3 is 2.52 bits per heavy atom. The summed E-state index contributed by atoms with van der Waals surface area (Å²) >= 11 is 4.59. The van der Waals surface area contributed by atoms with Gasteiger partial charge in [-0.25, -0.2) is 8.42 Å². The van der Waals surface area contributed by atoms with E-state index in [-0.39, 0.29) is 5.91 Å². The van der Waals surface area contributed by atoms with Crippen molar-refractivity contribution < 1.29 is 13.2 Å². The van der Waals surface area contributed by atoms with Crippen LogP contribution in [0.25, 0.3) is 16.5 Å². The molecule has 1 amide bonds. The molecule has 0 spiro atoms. The summed E-state index contributed by atoms with van der Waals surface area (Å²) < 4.78 is 30.9. The van der Waals surface area contributed by atoms with Gasteiger partial charge < -0.3 is 9.47 Å². The molecule has 4 heterocycles. The van der Waals surface area contributed by atoms with Gasteiger partial charge in [0.1, 0.15) is 10.8 Å². The summed E-state index contributed by atoms with van der Waals surface area (Å²) in [5.41, 5.74) is 4.40. The number of hydrogen-bond donors (Lipinski definition) is 0. The first-order valence-electron chi connectivity index (χ1n) is 11.2. The number of aromatic nitrogens is 1. The van der Waals surface area contributed by atoms with Gasteiger partial charge in [-0.05, 0) is 65.9 Å². The predicted molar refractivity (Wildman–Crippen MR) is 136 cm³/mol. The molecule has 2 aliphatic heterocycles. The van der Waals surface area contributed by atoms with Gasteiger partial charge >= 0.3 is 0 Å². The van der Waals surface area contributed by atoms with Gasteiger partial charge in [-0.2, -0.15) is 4.31 Å². The van der Waals surface area contributed by atoms with Crippen LogP contribution in [0, 0.1) is 6.92 Å². The van der Waals surface area contributed by atoms with Gasteiger partial charge in [0.05, 0.1) is 3.79 Å². The molecule has 0 unspecified atom stereocenters. The van der Waals surface area contributed by atoms with Crippen molar-refractivity contribution in [3.63, 3.8) is 0 Å². The minimum Gasteiger partial charge on any atom is -0.341 e. The average Bonchev–Trinajstić information content (AvgIpc) is 3.55. The van der Waals surface area contributed by atoms with Crippen LogP contribution in [-0.2, 0) is 21.4 Å². The molecule has 2 aromatic heterocycles. The molecule has 1 fully saturated rings. The summed E-state index contributed by atoms with van der Waals surface area (Å²) in [6.45, 7) is 4.89. The zero-order chi connectivity index (χ0) is 23.2. The van der Waals surface area contributed by atoms with Crippen molar-refractivity contribution in [1.82, 2.24) is 13.8 Å². The summed E-state index contributed by atoms with van der Waals surface area (Å²) in [7, 11) is -3.50. The largest absolute Gasteiger partial charge is 0.341 e. The molecule has 0 bridgehead atoms. The monoisotopic (exact) mass is 547 g/mol. The van der Waals surface area contributed by atoms with Crippen molar-refractivity contribution in [2.45, 2.75) is 36.9 Å². The highest BCUT2D eigenvalue weighted by Gasteiger charge is 2.29. The van der Waals surface area contributed by atoms with Gasteiger partial charge in [0.2, 0.25) is 5.91 Å². The van der Waals surface area contributed by atoms with Gasteiger partial charge in [0, 0.05) is 48.3 Å². The Balaban J connectivity index is 1.45. The fourth-order valence-corrected chi connectivity index (χ4v) is 8.45. The molecule has 174 valence electrons. The third kappa shape index (κ3) is 4.20. The predicted octanol–water partition coefficient (Wildman–Crippen LogP) is 4.87. The van der Waals surface area contributed by atoms with E-state index in [2.05, 4.69) is 39.6 Å². The van der Waals surface area contributed by atoms with Crippen LogP contribution in [0.1, 0.15) is 30.5 Å². The number of sulfonamides is 1. The average molecular weight is 549 g/mol. The van der Waals surface area contributed by atoms with E-state index in [0.717, 1.165) is 57.5 Å². The number of halogens is 1. The Labute approximate surface area is 206 Å². The van der Waals surface area contributed by atoms with E-state index >= 15 is 0 Å². The first-order chi connectivity index (χ1) is 15.9. The third-order valence-corrected chi connectivity index (χ3v) is 10.6. The third-order valence-electron chi connectivity index (χ3n) is 6.62. The van der Waals surface area contributed by atoms with E-state index in [0.29, 0.717) is 30.3 Å². The number of thiophene rings is 1. The van der Waals surface area contributed by atoms with Crippen molar-refractivity contribution in [3.8, 4) is 0 Å². The number of amides is 1. The topological polar surface area (TPSA) is 62.6 Å². The summed E-state index contributed by atoms with van der Waals surface area (Å²) in [6, 6.07) is 11.6. The lowest BCUT2D eigenvalue weighted by Crippen LogP contribution is -2.34. The molecule has 1 saturated heterocycles. The molecular formula is C24H26BrN3O3S2. The normalized spacial score (nSPS) is 17.6. The Morgan fingerprint density at radius 1 is 1.09 bits per heavy atom. The summed E-state index contributed by atoms with van der Waals surface area (Å²) in [4.78, 5) is 14.9. The van der Waals surface area contributed by atoms with Gasteiger partial charge in [-0.3, -0.25) is 4.79 Å². The molecule has 5 rings (SSSR count). The number of likely N-dealkylation sites (tertiary alicyclic amines) is 1. The van der Waals surface area contributed by atoms with Crippen molar-refractivity contribution in [2.75, 3.05) is 26.2 Å². The van der Waals surface area contributed by atoms with Crippen LogP contribution < -0.4 is 0 Å². The number of rotatable bonds is 5. The van der Waals surface area contributed by atoms with Crippen LogP contribution in [0.4, 0.5) is 0 Å². The van der Waals surface area contributed by atoms with E-state index in [4.69, 9.17) is 0 Å². The molecule has 2 aliphatic rings. The lowest BCUT2D eigenvalue weighted by atomic mass is 9.97. The minimum absolute atomic E-state index is 0.167. The van der Waals surface area contributed by atoms with Gasteiger partial charge in [0.15, 0.2) is 0 Å². The van der Waals surface area contributed by atoms with E-state index in [9.17, 15) is 13.2 Å². The first-order valence-corrected chi connectivity index (χ1v) is 14.2. The second-order valence-corrected chi connectivity index (χ2v) is 13.2. The lowest BCUT2D eigenvalue weighted by Gasteiger charge is -2.25. The molecule has 3 aromatic rings. The Hall–Kier alpha value is -1.94. The zero-order valence-corrected chi connectivity index (χ0v) is 21.7. The van der Waals surface area contributed by atoms with Crippen LogP contribution in [0.15, 0.2) is 50.5 Å². The standard InChI is InChI=1S/C24H26BrN3O3S2/c1-17-24(18-10-14-27(15-11-18)33(30,31)23-9-8-21(25)32-23)19-6-2-3-7-20(19)28(17)16-22(29)26-12-4-5-13-26/h2-3,6-10H,4-5,11-16H2,1H3. The highest BCUT2D eigenvalue weighted by atomic mass is 79.9. The Kier molecular flexibility index (Phi) is 6.24. The highest BCUT2D eigenvalue weighted by molar-refractivity contribution is 9.11. The number of hydrogen-bond acceptors (Lipinski definition) is 4. The molecule has 33 heavy (non-hydrogen) atoms. The molecule has 0 radical (unpaired) electrons. The first kappa shape index (κ1) is 22.8. The van der Waals surface area contributed by atoms with E-state index in [1.54, 1.807) is 16.4 Å². The van der Waals surface area contributed by atoms with Crippen molar-refractivity contribution in [3.05, 3.63) is 57.5 Å². The molecule has 6 nitrogen and oxygen atoms in total. The Morgan fingerprint density at radius 2 is 1.85 bits per heavy atom. The number of fused-ring (bicyclic) bond motifs is 1. The maximum Gasteiger partial charge on any atom is 0.252 e. The van der Waals surface area contributed by atoms with E-state index in [1.807, 2.05) is 23.1 Å². The number of carbonyl (C=O) groups is 1. The molecule has 1 aromatic carbocycles. The Bertz CT molecular complexity index is 1350. The zero-order valence-electron chi connectivity index (χ0n) is 18.5. The van der Waals surface area contributed by atoms with Gasteiger partial charge in [0.25, 0.3) is 10.0 Å². The fraction of sp³-hybridized carbons (Fsp3) is 0.375. The highest BCUT2D eigenvalue weighted by Crippen LogP contribution is 2.36. The van der Waals surface area contributed by atoms with Gasteiger partial charge in [-0.15, -0.1) is 11.3 Å². The number of nitrogens with zero attached hydrogens (tertiary/aromatic N) is 3. The van der Waals surface area contributed by atoms with E-state index < -0.39 is 10.0 Å². The van der Waals surface area contributed by atoms with Crippen LogP contribution in [0.3, 0.4) is 0 Å². The number of benzene rings is 1. The number of carbonyl (C=O) groups excluding carboxylic acids is 1. The second-order valence-electron chi connectivity index (χ2n) is 8.55. The molecule has 0 atom stereocenters. The van der Waals surface area contributed by atoms with Crippen LogP contribution >= 0.6 is 27.3 Å². The number of para-hydroxylation sites is 1. The molecule has 0 saturated carbocycles. The van der Waals surface area contributed by atoms with Crippen molar-refractivity contribution >= 4 is 59.7 Å². The lowest BCUT2D eigenvalue weighted by molar-refractivity contribution is -0.130. The maximum absolute atomic E-state index is 13.0. The molecule has 0 aliphatic carbocycles. The fourth-order valence-electron chi connectivity index (χ4n) is 4.90. The summed E-state index contributed by atoms with van der Waals surface area (Å²) in [5, 5.41) is 1.12.